The Morgan fingerprint density at radius 2 is 1.86 bits per heavy atom. The highest BCUT2D eigenvalue weighted by atomic mass is 16.3. The number of benzene rings is 1. The Labute approximate surface area is 166 Å². The van der Waals surface area contributed by atoms with Crippen LogP contribution in [0.15, 0.2) is 47.0 Å². The van der Waals surface area contributed by atoms with E-state index in [2.05, 4.69) is 68.1 Å². The number of fused-ring (bicyclic) bond motifs is 3. The molecule has 3 aromatic heterocycles. The lowest BCUT2D eigenvalue weighted by molar-refractivity contribution is -0.660. The summed E-state index contributed by atoms with van der Waals surface area (Å²) in [6, 6.07) is 13.3. The number of pyridine rings is 2. The number of rotatable bonds is 3. The zero-order chi connectivity index (χ0) is 19.3. The zero-order valence-corrected chi connectivity index (χ0v) is 17.0. The first kappa shape index (κ1) is 17.4. The molecule has 1 saturated carbocycles. The maximum atomic E-state index is 6.42. The van der Waals surface area contributed by atoms with Crippen molar-refractivity contribution in [1.82, 2.24) is 4.98 Å². The Morgan fingerprint density at radius 1 is 1.07 bits per heavy atom. The van der Waals surface area contributed by atoms with Gasteiger partial charge in [-0.05, 0) is 49.4 Å². The van der Waals surface area contributed by atoms with E-state index in [4.69, 9.17) is 9.40 Å². The third kappa shape index (κ3) is 2.72. The van der Waals surface area contributed by atoms with E-state index >= 15 is 0 Å². The van der Waals surface area contributed by atoms with Crippen molar-refractivity contribution in [2.24, 2.45) is 7.05 Å². The number of aromatic nitrogens is 2. The smallest absolute Gasteiger partial charge is 0.227 e. The number of nitrogens with zero attached hydrogens (tertiary/aromatic N) is 2. The fourth-order valence-corrected chi connectivity index (χ4v) is 4.68. The molecule has 0 spiro atoms. The number of furan rings is 1. The van der Waals surface area contributed by atoms with Gasteiger partial charge in [0.2, 0.25) is 11.4 Å². The molecule has 3 nitrogen and oxygen atoms in total. The van der Waals surface area contributed by atoms with Crippen molar-refractivity contribution in [3.63, 3.8) is 0 Å². The average Bonchev–Trinajstić information content (AvgIpc) is 3.36. The van der Waals surface area contributed by atoms with Crippen LogP contribution >= 0.6 is 0 Å². The van der Waals surface area contributed by atoms with Gasteiger partial charge in [-0.25, -0.2) is 9.55 Å². The molecule has 5 rings (SSSR count). The second-order valence-corrected chi connectivity index (χ2v) is 8.19. The van der Waals surface area contributed by atoms with E-state index in [-0.39, 0.29) is 0 Å². The molecule has 28 heavy (non-hydrogen) atoms. The van der Waals surface area contributed by atoms with E-state index in [9.17, 15) is 0 Å². The molecule has 4 aromatic rings. The van der Waals surface area contributed by atoms with E-state index in [0.29, 0.717) is 5.92 Å². The average molecular weight is 372 g/mol. The first-order valence-corrected chi connectivity index (χ1v) is 10.5. The summed E-state index contributed by atoms with van der Waals surface area (Å²) in [7, 11) is 2.10. The van der Waals surface area contributed by atoms with E-state index in [1.54, 1.807) is 0 Å². The highest BCUT2D eigenvalue weighted by Gasteiger charge is 2.23. The van der Waals surface area contributed by atoms with Crippen molar-refractivity contribution < 1.29 is 8.98 Å². The van der Waals surface area contributed by atoms with Crippen LogP contribution < -0.4 is 4.57 Å². The second-order valence-electron chi connectivity index (χ2n) is 8.19. The van der Waals surface area contributed by atoms with Crippen LogP contribution in [-0.2, 0) is 13.5 Å². The molecule has 1 aliphatic carbocycles. The van der Waals surface area contributed by atoms with Crippen LogP contribution in [0.4, 0.5) is 0 Å². The van der Waals surface area contributed by atoms with E-state index < -0.39 is 0 Å². The fraction of sp³-hybridized carbons (Fsp3) is 0.360. The monoisotopic (exact) mass is 371 g/mol. The Kier molecular flexibility index (Phi) is 4.19. The number of hydrogen-bond donors (Lipinski definition) is 0. The summed E-state index contributed by atoms with van der Waals surface area (Å²) in [6.07, 6.45) is 8.31. The second kappa shape index (κ2) is 6.73. The molecule has 0 bridgehead atoms. The van der Waals surface area contributed by atoms with E-state index in [1.165, 1.54) is 53.8 Å². The van der Waals surface area contributed by atoms with Gasteiger partial charge in [0, 0.05) is 34.5 Å². The highest BCUT2D eigenvalue weighted by molar-refractivity contribution is 6.08. The minimum atomic E-state index is 0.595. The summed E-state index contributed by atoms with van der Waals surface area (Å²) >= 11 is 0. The van der Waals surface area contributed by atoms with Crippen LogP contribution in [0.1, 0.15) is 55.3 Å². The summed E-state index contributed by atoms with van der Waals surface area (Å²) in [5, 5.41) is 2.27. The Morgan fingerprint density at radius 3 is 2.64 bits per heavy atom. The van der Waals surface area contributed by atoms with Gasteiger partial charge in [0.25, 0.3) is 0 Å². The van der Waals surface area contributed by atoms with Gasteiger partial charge in [-0.2, -0.15) is 0 Å². The predicted molar refractivity (Wildman–Crippen MR) is 113 cm³/mol. The maximum Gasteiger partial charge on any atom is 0.227 e. The topological polar surface area (TPSA) is 29.9 Å². The Balaban J connectivity index is 1.75. The summed E-state index contributed by atoms with van der Waals surface area (Å²) in [4.78, 5) is 4.94. The SMILES string of the molecule is CCc1cc[n+](C)c(-c2c(C)ccc3c2oc2nc(C4CCCC4)ccc23)c1. The molecule has 1 aliphatic rings. The van der Waals surface area contributed by atoms with Crippen LogP contribution in [0, 0.1) is 6.92 Å². The molecule has 1 fully saturated rings. The largest absolute Gasteiger partial charge is 0.437 e. The third-order valence-electron chi connectivity index (χ3n) is 6.39. The first-order valence-electron chi connectivity index (χ1n) is 10.5. The van der Waals surface area contributed by atoms with E-state index in [1.807, 2.05) is 0 Å². The molecule has 0 saturated heterocycles. The molecule has 3 heteroatoms. The summed E-state index contributed by atoms with van der Waals surface area (Å²) in [5.74, 6) is 0.595. The normalized spacial score (nSPS) is 15.1. The highest BCUT2D eigenvalue weighted by Crippen LogP contribution is 2.38. The van der Waals surface area contributed by atoms with Gasteiger partial charge >= 0.3 is 0 Å². The van der Waals surface area contributed by atoms with Gasteiger partial charge in [0.05, 0.1) is 5.56 Å². The molecule has 0 aliphatic heterocycles. The molecular weight excluding hydrogens is 344 g/mol. The lowest BCUT2D eigenvalue weighted by Gasteiger charge is -2.06. The van der Waals surface area contributed by atoms with Gasteiger partial charge in [-0.3, -0.25) is 0 Å². The maximum absolute atomic E-state index is 6.42. The quantitative estimate of drug-likeness (QED) is 0.413. The van der Waals surface area contributed by atoms with Crippen molar-refractivity contribution in [3.8, 4) is 11.3 Å². The van der Waals surface area contributed by atoms with Gasteiger partial charge in [0.1, 0.15) is 7.05 Å². The Bertz CT molecular complexity index is 1180. The van der Waals surface area contributed by atoms with Crippen molar-refractivity contribution in [2.45, 2.75) is 51.9 Å². The van der Waals surface area contributed by atoms with Crippen molar-refractivity contribution >= 4 is 22.1 Å². The molecule has 3 heterocycles. The number of hydrogen-bond acceptors (Lipinski definition) is 2. The molecule has 0 radical (unpaired) electrons. The molecular formula is C25H27N2O+. The molecule has 1 aromatic carbocycles. The summed E-state index contributed by atoms with van der Waals surface area (Å²) < 4.78 is 8.61. The minimum absolute atomic E-state index is 0.595. The molecule has 0 unspecified atom stereocenters. The number of aryl methyl sites for hydroxylation is 3. The van der Waals surface area contributed by atoms with Gasteiger partial charge in [0.15, 0.2) is 11.8 Å². The zero-order valence-electron chi connectivity index (χ0n) is 17.0. The first-order chi connectivity index (χ1) is 13.7. The Hall–Kier alpha value is -2.68. The lowest BCUT2D eigenvalue weighted by Crippen LogP contribution is -2.30. The molecule has 0 amide bonds. The van der Waals surface area contributed by atoms with Crippen LogP contribution in [-0.4, -0.2) is 4.98 Å². The van der Waals surface area contributed by atoms with Crippen LogP contribution in [0.25, 0.3) is 33.3 Å². The standard InChI is InChI=1S/C25H27N2O/c1-4-17-13-14-27(3)22(15-17)23-16(2)9-10-19-20-11-12-21(18-7-5-6-8-18)26-25(20)28-24(19)23/h9-15,18H,4-8H2,1-3H3/q+1. The molecule has 0 N–H and O–H groups in total. The summed E-state index contributed by atoms with van der Waals surface area (Å²) in [6.45, 7) is 4.36. The van der Waals surface area contributed by atoms with Crippen LogP contribution in [0.2, 0.25) is 0 Å². The lowest BCUT2D eigenvalue weighted by atomic mass is 9.99. The minimum Gasteiger partial charge on any atom is -0.437 e. The van der Waals surface area contributed by atoms with Crippen LogP contribution in [0.5, 0.6) is 0 Å². The van der Waals surface area contributed by atoms with Crippen molar-refractivity contribution in [1.29, 1.82) is 0 Å². The third-order valence-corrected chi connectivity index (χ3v) is 6.39. The molecule has 0 atom stereocenters. The van der Waals surface area contributed by atoms with Crippen molar-refractivity contribution in [3.05, 3.63) is 59.4 Å². The van der Waals surface area contributed by atoms with Crippen LogP contribution in [0.3, 0.4) is 0 Å². The van der Waals surface area contributed by atoms with E-state index in [0.717, 1.165) is 28.5 Å². The molecule has 142 valence electrons. The van der Waals surface area contributed by atoms with Crippen molar-refractivity contribution in [2.75, 3.05) is 0 Å². The fourth-order valence-electron chi connectivity index (χ4n) is 4.68. The predicted octanol–water partition coefficient (Wildman–Crippen LogP) is 6.00. The van der Waals surface area contributed by atoms with Gasteiger partial charge < -0.3 is 4.42 Å². The summed E-state index contributed by atoms with van der Waals surface area (Å²) in [5.41, 5.74) is 7.86. The van der Waals surface area contributed by atoms with Gasteiger partial charge in [-0.1, -0.05) is 31.9 Å². The van der Waals surface area contributed by atoms with Gasteiger partial charge in [-0.15, -0.1) is 0 Å².